The third kappa shape index (κ3) is 2.21. The van der Waals surface area contributed by atoms with Gasteiger partial charge in [0, 0.05) is 5.41 Å². The average Bonchev–Trinajstić information content (AvgIpc) is 3.01. The smallest absolute Gasteiger partial charge is 0.323 e. The molecule has 4 nitrogen and oxygen atoms in total. The second kappa shape index (κ2) is 5.66. The van der Waals surface area contributed by atoms with E-state index in [2.05, 4.69) is 13.2 Å². The molecule has 0 aromatic rings. The van der Waals surface area contributed by atoms with Crippen LogP contribution in [0.5, 0.6) is 0 Å². The van der Waals surface area contributed by atoms with Crippen molar-refractivity contribution in [2.75, 3.05) is 14.2 Å². The van der Waals surface area contributed by atoms with E-state index in [-0.39, 0.29) is 5.41 Å². The number of allylic oxidation sites excluding steroid dienone is 2. The highest BCUT2D eigenvalue weighted by molar-refractivity contribution is 6.05. The normalized spacial score (nSPS) is 29.0. The molecule has 0 N–H and O–H groups in total. The number of hydrogen-bond donors (Lipinski definition) is 0. The van der Waals surface area contributed by atoms with Crippen LogP contribution >= 0.6 is 0 Å². The van der Waals surface area contributed by atoms with E-state index < -0.39 is 17.4 Å². The Balaban J connectivity index is 2.21. The Morgan fingerprint density at radius 3 is 2.43 bits per heavy atom. The quantitative estimate of drug-likeness (QED) is 0.429. The molecule has 2 rings (SSSR count). The molecule has 1 spiro atoms. The fourth-order valence-corrected chi connectivity index (χ4v) is 4.23. The zero-order chi connectivity index (χ0) is 15.7. The van der Waals surface area contributed by atoms with Gasteiger partial charge < -0.3 is 9.47 Å². The summed E-state index contributed by atoms with van der Waals surface area (Å²) < 4.78 is 9.82. The van der Waals surface area contributed by atoms with E-state index in [0.717, 1.165) is 37.7 Å². The van der Waals surface area contributed by atoms with Gasteiger partial charge in [0.1, 0.15) is 0 Å². The molecule has 4 heteroatoms. The molecule has 0 heterocycles. The highest BCUT2D eigenvalue weighted by Crippen LogP contribution is 2.75. The average molecular weight is 292 g/mol. The third-order valence-corrected chi connectivity index (χ3v) is 5.43. The summed E-state index contributed by atoms with van der Waals surface area (Å²) in [6.07, 6.45) is 7.09. The largest absolute Gasteiger partial charge is 0.468 e. The molecule has 21 heavy (non-hydrogen) atoms. The van der Waals surface area contributed by atoms with Crippen LogP contribution in [-0.4, -0.2) is 26.2 Å². The predicted octanol–water partition coefficient (Wildman–Crippen LogP) is 3.03. The molecular formula is C17H24O4. The molecule has 2 fully saturated rings. The number of esters is 2. The first kappa shape index (κ1) is 15.8. The Labute approximate surface area is 126 Å². The van der Waals surface area contributed by atoms with Gasteiger partial charge in [0.25, 0.3) is 0 Å². The predicted molar refractivity (Wildman–Crippen MR) is 79.4 cm³/mol. The Bertz CT molecular complexity index is 463. The van der Waals surface area contributed by atoms with Crippen molar-refractivity contribution in [1.29, 1.82) is 0 Å². The van der Waals surface area contributed by atoms with Crippen molar-refractivity contribution in [3.05, 3.63) is 24.8 Å². The first-order valence-electron chi connectivity index (χ1n) is 7.45. The van der Waals surface area contributed by atoms with Gasteiger partial charge in [-0.25, -0.2) is 0 Å². The van der Waals surface area contributed by atoms with Gasteiger partial charge in [0.05, 0.1) is 14.2 Å². The second-order valence-electron chi connectivity index (χ2n) is 6.21. The summed E-state index contributed by atoms with van der Waals surface area (Å²) in [5.74, 6) is -0.542. The maximum Gasteiger partial charge on any atom is 0.323 e. The van der Waals surface area contributed by atoms with Crippen LogP contribution in [-0.2, 0) is 19.1 Å². The van der Waals surface area contributed by atoms with Crippen molar-refractivity contribution in [2.45, 2.75) is 38.5 Å². The highest BCUT2D eigenvalue weighted by Gasteiger charge is 2.80. The summed E-state index contributed by atoms with van der Waals surface area (Å²) in [4.78, 5) is 24.5. The lowest BCUT2D eigenvalue weighted by atomic mass is 9.80. The van der Waals surface area contributed by atoms with E-state index in [4.69, 9.17) is 9.47 Å². The number of carbonyl (C=O) groups is 2. The number of ether oxygens (including phenoxy) is 2. The van der Waals surface area contributed by atoms with Crippen molar-refractivity contribution in [3.63, 3.8) is 0 Å². The lowest BCUT2D eigenvalue weighted by molar-refractivity contribution is -0.164. The van der Waals surface area contributed by atoms with Crippen LogP contribution in [0, 0.1) is 16.7 Å². The van der Waals surface area contributed by atoms with Crippen molar-refractivity contribution < 1.29 is 19.1 Å². The maximum absolute atomic E-state index is 12.2. The van der Waals surface area contributed by atoms with Crippen LogP contribution in [0.3, 0.4) is 0 Å². The number of rotatable bonds is 6. The summed E-state index contributed by atoms with van der Waals surface area (Å²) in [5.41, 5.74) is -0.346. The van der Waals surface area contributed by atoms with Crippen molar-refractivity contribution in [2.24, 2.45) is 16.7 Å². The molecular weight excluding hydrogens is 268 g/mol. The zero-order valence-corrected chi connectivity index (χ0v) is 12.9. The van der Waals surface area contributed by atoms with Crippen LogP contribution < -0.4 is 0 Å². The molecule has 0 bridgehead atoms. The Morgan fingerprint density at radius 1 is 1.29 bits per heavy atom. The molecule has 0 aliphatic heterocycles. The van der Waals surface area contributed by atoms with E-state index in [0.29, 0.717) is 12.3 Å². The van der Waals surface area contributed by atoms with Gasteiger partial charge in [-0.1, -0.05) is 31.2 Å². The van der Waals surface area contributed by atoms with E-state index in [9.17, 15) is 9.59 Å². The summed E-state index contributed by atoms with van der Waals surface area (Å²) in [6.45, 7) is 7.66. The zero-order valence-electron chi connectivity index (χ0n) is 12.9. The van der Waals surface area contributed by atoms with Crippen LogP contribution in [0.1, 0.15) is 38.5 Å². The van der Waals surface area contributed by atoms with E-state index in [1.165, 1.54) is 14.2 Å². The van der Waals surface area contributed by atoms with Crippen LogP contribution in [0.2, 0.25) is 0 Å². The first-order valence-corrected chi connectivity index (χ1v) is 7.45. The topological polar surface area (TPSA) is 52.6 Å². The van der Waals surface area contributed by atoms with Gasteiger partial charge in [-0.3, -0.25) is 9.59 Å². The Hall–Kier alpha value is -1.58. The lowest BCUT2D eigenvalue weighted by Gasteiger charge is -2.24. The van der Waals surface area contributed by atoms with Crippen LogP contribution in [0.4, 0.5) is 0 Å². The fraction of sp³-hybridized carbons (Fsp3) is 0.647. The molecule has 2 aliphatic carbocycles. The molecule has 0 aromatic carbocycles. The number of hydrogen-bond acceptors (Lipinski definition) is 4. The van der Waals surface area contributed by atoms with E-state index in [1.807, 2.05) is 0 Å². The van der Waals surface area contributed by atoms with Gasteiger partial charge in [-0.05, 0) is 38.0 Å². The first-order chi connectivity index (χ1) is 9.98. The van der Waals surface area contributed by atoms with Gasteiger partial charge in [-0.2, -0.15) is 0 Å². The van der Waals surface area contributed by atoms with Gasteiger partial charge in [-0.15, -0.1) is 0 Å². The molecule has 0 amide bonds. The van der Waals surface area contributed by atoms with Crippen LogP contribution in [0.25, 0.3) is 0 Å². The summed E-state index contributed by atoms with van der Waals surface area (Å²) in [5, 5.41) is 0. The second-order valence-corrected chi connectivity index (χ2v) is 6.21. The minimum atomic E-state index is -1.08. The van der Waals surface area contributed by atoms with Crippen molar-refractivity contribution in [1.82, 2.24) is 0 Å². The molecule has 0 radical (unpaired) electrons. The molecule has 0 saturated heterocycles. The molecule has 0 aromatic heterocycles. The minimum Gasteiger partial charge on any atom is -0.468 e. The monoisotopic (exact) mass is 292 g/mol. The molecule has 2 saturated carbocycles. The van der Waals surface area contributed by atoms with Crippen molar-refractivity contribution in [3.8, 4) is 0 Å². The molecule has 116 valence electrons. The molecule has 2 atom stereocenters. The summed E-state index contributed by atoms with van der Waals surface area (Å²) in [7, 11) is 2.67. The highest BCUT2D eigenvalue weighted by atomic mass is 16.5. The SMILES string of the molecule is C=CC(=C)CCC1CCCC12CC2(C(=O)OC)C(=O)OC. The van der Waals surface area contributed by atoms with Gasteiger partial charge >= 0.3 is 11.9 Å². The third-order valence-electron chi connectivity index (χ3n) is 5.43. The van der Waals surface area contributed by atoms with Gasteiger partial charge in [0.2, 0.25) is 0 Å². The van der Waals surface area contributed by atoms with Crippen LogP contribution in [0.15, 0.2) is 24.8 Å². The van der Waals surface area contributed by atoms with E-state index >= 15 is 0 Å². The van der Waals surface area contributed by atoms with E-state index in [1.54, 1.807) is 6.08 Å². The molecule has 2 aliphatic rings. The Kier molecular flexibility index (Phi) is 4.26. The number of carbonyl (C=O) groups excluding carboxylic acids is 2. The lowest BCUT2D eigenvalue weighted by Crippen LogP contribution is -2.35. The van der Waals surface area contributed by atoms with Crippen molar-refractivity contribution >= 4 is 11.9 Å². The number of methoxy groups -OCH3 is 2. The molecule has 2 unspecified atom stereocenters. The minimum absolute atomic E-state index is 0.269. The maximum atomic E-state index is 12.2. The Morgan fingerprint density at radius 2 is 1.90 bits per heavy atom. The summed E-state index contributed by atoms with van der Waals surface area (Å²) >= 11 is 0. The standard InChI is InChI=1S/C17H24O4/c1-5-12(2)8-9-13-7-6-10-16(13)11-17(16,14(18)20-3)15(19)21-4/h5,13H,1-2,6-11H2,3-4H3. The summed E-state index contributed by atoms with van der Waals surface area (Å²) in [6, 6.07) is 0. The van der Waals surface area contributed by atoms with Gasteiger partial charge in [0.15, 0.2) is 5.41 Å². The fourth-order valence-electron chi connectivity index (χ4n) is 4.23.